The molecule has 0 amide bonds. The molecule has 0 rings (SSSR count). The van der Waals surface area contributed by atoms with E-state index >= 15 is 0 Å². The van der Waals surface area contributed by atoms with E-state index < -0.39 is 32.5 Å². The normalized spacial score (nSPS) is 13.0. The lowest BCUT2D eigenvalue weighted by Gasteiger charge is -2.18. The Kier molecular flexibility index (Phi) is 39.7. The van der Waals surface area contributed by atoms with Gasteiger partial charge in [0.05, 0.1) is 6.61 Å². The number of rotatable bonds is 40. The first-order valence-corrected chi connectivity index (χ1v) is 23.6. The molecule has 0 heterocycles. The molecule has 0 aliphatic heterocycles. The number of phosphoric ester groups is 1. The Labute approximate surface area is 337 Å². The van der Waals surface area contributed by atoms with Crippen LogP contribution < -0.4 is 0 Å². The molecule has 0 radical (unpaired) electrons. The van der Waals surface area contributed by atoms with Crippen LogP contribution in [0, 0.1) is 0 Å². The molecule has 1 atom stereocenters. The number of hydrogen-bond donors (Lipinski definition) is 2. The van der Waals surface area contributed by atoms with Gasteiger partial charge in [0.2, 0.25) is 0 Å². The highest BCUT2D eigenvalue weighted by molar-refractivity contribution is 7.46. The van der Waals surface area contributed by atoms with E-state index in [0.29, 0.717) is 12.8 Å². The quantitative estimate of drug-likeness (QED) is 0.0272. The number of esters is 2. The summed E-state index contributed by atoms with van der Waals surface area (Å²) >= 11 is 0. The zero-order valence-corrected chi connectivity index (χ0v) is 36.0. The molecule has 0 aromatic rings. The molecule has 0 saturated carbocycles. The molecule has 8 nitrogen and oxygen atoms in total. The van der Waals surface area contributed by atoms with Gasteiger partial charge in [-0.3, -0.25) is 14.1 Å². The molecule has 2 N–H and O–H groups in total. The summed E-state index contributed by atoms with van der Waals surface area (Å²) in [4.78, 5) is 42.9. The lowest BCUT2D eigenvalue weighted by atomic mass is 10.1. The number of ether oxygens (including phenoxy) is 2. The molecular formula is C46H81O8P. The van der Waals surface area contributed by atoms with E-state index in [1.807, 2.05) is 0 Å². The molecule has 9 heteroatoms. The van der Waals surface area contributed by atoms with Crippen LogP contribution in [-0.4, -0.2) is 41.0 Å². The van der Waals surface area contributed by atoms with Crippen molar-refractivity contribution in [3.63, 3.8) is 0 Å². The number of allylic oxidation sites excluding steroid dienone is 10. The fourth-order valence-corrected chi connectivity index (χ4v) is 6.37. The van der Waals surface area contributed by atoms with Crippen molar-refractivity contribution in [1.82, 2.24) is 0 Å². The summed E-state index contributed by atoms with van der Waals surface area (Å²) in [5, 5.41) is 0. The molecule has 0 spiro atoms. The van der Waals surface area contributed by atoms with Crippen molar-refractivity contribution in [2.45, 2.75) is 206 Å². The first-order valence-electron chi connectivity index (χ1n) is 22.1. The van der Waals surface area contributed by atoms with Gasteiger partial charge in [0, 0.05) is 12.8 Å². The number of unbranched alkanes of at least 4 members (excludes halogenated alkanes) is 20. The number of carbonyl (C=O) groups is 2. The van der Waals surface area contributed by atoms with Crippen molar-refractivity contribution in [1.29, 1.82) is 0 Å². The van der Waals surface area contributed by atoms with Gasteiger partial charge in [0.1, 0.15) is 6.61 Å². The van der Waals surface area contributed by atoms with Crippen molar-refractivity contribution < 1.29 is 37.9 Å². The predicted molar refractivity (Wildman–Crippen MR) is 230 cm³/mol. The van der Waals surface area contributed by atoms with E-state index in [1.165, 1.54) is 70.6 Å². The summed E-state index contributed by atoms with van der Waals surface area (Å²) in [6, 6.07) is 0. The number of hydrogen-bond acceptors (Lipinski definition) is 6. The maximum atomic E-state index is 12.4. The standard InChI is InChI=1S/C46H81O8P/c1-3-5-7-9-11-13-15-17-19-21-23-25-27-29-31-33-35-37-39-41-46(48)54-44(43-53-55(49,50)51)42-52-45(47)40-38-36-34-32-30-28-26-24-22-20-18-16-14-12-10-8-6-4-2/h5,7,11,13,17,19-20,22-23,25,44H,3-4,6,8-10,12,14-16,18,21,24,26-43H2,1-2H3,(H2,49,50,51)/b7-5-,13-11-,19-17-,22-20-,25-23-. The molecule has 1 unspecified atom stereocenters. The second-order valence-corrected chi connectivity index (χ2v) is 15.9. The van der Waals surface area contributed by atoms with Crippen LogP contribution in [0.3, 0.4) is 0 Å². The van der Waals surface area contributed by atoms with E-state index in [2.05, 4.69) is 79.1 Å². The summed E-state index contributed by atoms with van der Waals surface area (Å²) in [5.74, 6) is -0.906. The summed E-state index contributed by atoms with van der Waals surface area (Å²) < 4.78 is 26.4. The molecule has 0 aromatic heterocycles. The van der Waals surface area contributed by atoms with Gasteiger partial charge in [-0.25, -0.2) is 4.57 Å². The minimum Gasteiger partial charge on any atom is -0.462 e. The molecule has 0 aliphatic rings. The Morgan fingerprint density at radius 1 is 0.491 bits per heavy atom. The van der Waals surface area contributed by atoms with Gasteiger partial charge in [-0.05, 0) is 77.0 Å². The van der Waals surface area contributed by atoms with Crippen molar-refractivity contribution in [3.8, 4) is 0 Å². The summed E-state index contributed by atoms with van der Waals surface area (Å²) in [6.07, 6.45) is 52.2. The zero-order valence-electron chi connectivity index (χ0n) is 35.1. The van der Waals surface area contributed by atoms with Gasteiger partial charge < -0.3 is 19.3 Å². The van der Waals surface area contributed by atoms with E-state index in [9.17, 15) is 14.2 Å². The van der Waals surface area contributed by atoms with Crippen molar-refractivity contribution in [2.75, 3.05) is 13.2 Å². The average molecular weight is 793 g/mol. The van der Waals surface area contributed by atoms with Crippen LogP contribution in [0.1, 0.15) is 200 Å². The Morgan fingerprint density at radius 2 is 0.873 bits per heavy atom. The summed E-state index contributed by atoms with van der Waals surface area (Å²) in [6.45, 7) is 3.56. The Morgan fingerprint density at radius 3 is 1.33 bits per heavy atom. The van der Waals surface area contributed by atoms with Gasteiger partial charge in [0.15, 0.2) is 6.10 Å². The van der Waals surface area contributed by atoms with Gasteiger partial charge in [-0.15, -0.1) is 0 Å². The second-order valence-electron chi connectivity index (χ2n) is 14.6. The topological polar surface area (TPSA) is 119 Å². The largest absolute Gasteiger partial charge is 0.469 e. The van der Waals surface area contributed by atoms with E-state index in [1.54, 1.807) is 0 Å². The fourth-order valence-electron chi connectivity index (χ4n) is 6.01. The number of phosphoric acid groups is 1. The van der Waals surface area contributed by atoms with Gasteiger partial charge in [-0.2, -0.15) is 0 Å². The maximum Gasteiger partial charge on any atom is 0.469 e. The predicted octanol–water partition coefficient (Wildman–Crippen LogP) is 13.7. The van der Waals surface area contributed by atoms with Crippen LogP contribution >= 0.6 is 7.82 Å². The lowest BCUT2D eigenvalue weighted by molar-refractivity contribution is -0.161. The van der Waals surface area contributed by atoms with Gasteiger partial charge in [0.25, 0.3) is 0 Å². The maximum absolute atomic E-state index is 12.4. The minimum atomic E-state index is -4.76. The highest BCUT2D eigenvalue weighted by Gasteiger charge is 2.22. The van der Waals surface area contributed by atoms with E-state index in [0.717, 1.165) is 89.9 Å². The third kappa shape index (κ3) is 44.3. The molecular weight excluding hydrogens is 711 g/mol. The Balaban J connectivity index is 3.93. The molecule has 318 valence electrons. The van der Waals surface area contributed by atoms with Crippen LogP contribution in [0.4, 0.5) is 0 Å². The SMILES string of the molecule is CC/C=C\C/C=C\C/C=C\C/C=C\CCCCCCCCC(=O)OC(COC(=O)CCCCCCCCC/C=C\CCCCCCCCC)COP(=O)(O)O. The van der Waals surface area contributed by atoms with Crippen LogP contribution in [0.15, 0.2) is 60.8 Å². The number of carbonyl (C=O) groups excluding carboxylic acids is 2. The molecule has 0 bridgehead atoms. The highest BCUT2D eigenvalue weighted by atomic mass is 31.2. The van der Waals surface area contributed by atoms with Crippen LogP contribution in [0.25, 0.3) is 0 Å². The first kappa shape index (κ1) is 52.8. The molecule has 55 heavy (non-hydrogen) atoms. The van der Waals surface area contributed by atoms with Crippen molar-refractivity contribution in [2.24, 2.45) is 0 Å². The van der Waals surface area contributed by atoms with Crippen molar-refractivity contribution in [3.05, 3.63) is 60.8 Å². The second kappa shape index (κ2) is 41.4. The Bertz CT molecular complexity index is 1070. The molecule has 0 aliphatic carbocycles. The van der Waals surface area contributed by atoms with E-state index in [4.69, 9.17) is 19.3 Å². The Hall–Kier alpha value is -2.25. The molecule has 0 saturated heterocycles. The lowest BCUT2D eigenvalue weighted by Crippen LogP contribution is -2.29. The highest BCUT2D eigenvalue weighted by Crippen LogP contribution is 2.36. The van der Waals surface area contributed by atoms with Crippen LogP contribution in [0.5, 0.6) is 0 Å². The smallest absolute Gasteiger partial charge is 0.462 e. The van der Waals surface area contributed by atoms with Gasteiger partial charge >= 0.3 is 19.8 Å². The van der Waals surface area contributed by atoms with Crippen LogP contribution in [-0.2, 0) is 28.2 Å². The fraction of sp³-hybridized carbons (Fsp3) is 0.739. The summed E-state index contributed by atoms with van der Waals surface area (Å²) in [7, 11) is -4.76. The van der Waals surface area contributed by atoms with E-state index in [-0.39, 0.29) is 19.4 Å². The van der Waals surface area contributed by atoms with Gasteiger partial charge in [-0.1, -0.05) is 171 Å². The monoisotopic (exact) mass is 793 g/mol. The minimum absolute atomic E-state index is 0.193. The molecule has 0 fully saturated rings. The summed E-state index contributed by atoms with van der Waals surface area (Å²) in [5.41, 5.74) is 0. The van der Waals surface area contributed by atoms with Crippen LogP contribution in [0.2, 0.25) is 0 Å². The first-order chi connectivity index (χ1) is 26.8. The van der Waals surface area contributed by atoms with Crippen molar-refractivity contribution >= 4 is 19.8 Å². The average Bonchev–Trinajstić information content (AvgIpc) is 3.16. The molecule has 0 aromatic carbocycles. The zero-order chi connectivity index (χ0) is 40.3. The third-order valence-electron chi connectivity index (χ3n) is 9.27. The third-order valence-corrected chi connectivity index (χ3v) is 9.76.